The Labute approximate surface area is 100 Å². The van der Waals surface area contributed by atoms with Gasteiger partial charge in [-0.3, -0.25) is 5.21 Å². The second kappa shape index (κ2) is 5.01. The van der Waals surface area contributed by atoms with Gasteiger partial charge in [-0.05, 0) is 24.3 Å². The smallest absolute Gasteiger partial charge is 0.338 e. The van der Waals surface area contributed by atoms with Gasteiger partial charge in [-0.25, -0.2) is 9.86 Å². The number of carbonyl (C=O) groups is 1. The van der Waals surface area contributed by atoms with Crippen LogP contribution in [0.3, 0.4) is 0 Å². The molecule has 1 aliphatic carbocycles. The van der Waals surface area contributed by atoms with E-state index in [4.69, 9.17) is 5.73 Å². The van der Waals surface area contributed by atoms with Crippen LogP contribution in [0.25, 0.3) is 6.08 Å². The summed E-state index contributed by atoms with van der Waals surface area (Å²) in [6.45, 7) is 0. The van der Waals surface area contributed by atoms with Gasteiger partial charge in [0.25, 0.3) is 0 Å². The molecule has 1 saturated carbocycles. The van der Waals surface area contributed by atoms with Crippen molar-refractivity contribution in [3.8, 4) is 0 Å². The van der Waals surface area contributed by atoms with Gasteiger partial charge in [-0.15, -0.1) is 0 Å². The van der Waals surface area contributed by atoms with Crippen molar-refractivity contribution in [3.05, 3.63) is 42.0 Å². The van der Waals surface area contributed by atoms with Crippen LogP contribution in [-0.4, -0.2) is 22.3 Å². The maximum absolute atomic E-state index is 10.7. The molecule has 17 heavy (non-hydrogen) atoms. The molecule has 0 radical (unpaired) electrons. The zero-order valence-electron chi connectivity index (χ0n) is 9.49. The minimum atomic E-state index is -0.777. The molecule has 0 heterocycles. The lowest BCUT2D eigenvalue weighted by Crippen LogP contribution is -2.47. The topological polar surface area (TPSA) is 66.6 Å². The van der Waals surface area contributed by atoms with E-state index in [0.717, 1.165) is 18.4 Å². The molecule has 0 spiro atoms. The van der Waals surface area contributed by atoms with Crippen LogP contribution < -0.4 is 5.73 Å². The first kappa shape index (κ1) is 11.7. The molecule has 1 aromatic carbocycles. The van der Waals surface area contributed by atoms with Gasteiger partial charge in [0.1, 0.15) is 0 Å². The van der Waals surface area contributed by atoms with Crippen molar-refractivity contribution in [2.24, 2.45) is 11.7 Å². The van der Waals surface area contributed by atoms with E-state index < -0.39 is 6.03 Å². The molecular weight excluding hydrogens is 216 g/mol. The third-order valence-corrected chi connectivity index (χ3v) is 3.08. The number of hydroxylamine groups is 2. The zero-order chi connectivity index (χ0) is 12.3. The van der Waals surface area contributed by atoms with Crippen molar-refractivity contribution in [1.29, 1.82) is 0 Å². The predicted molar refractivity (Wildman–Crippen MR) is 65.2 cm³/mol. The van der Waals surface area contributed by atoms with Gasteiger partial charge in [-0.1, -0.05) is 42.5 Å². The van der Waals surface area contributed by atoms with Gasteiger partial charge < -0.3 is 5.73 Å². The van der Waals surface area contributed by atoms with Gasteiger partial charge in [0.2, 0.25) is 0 Å². The highest BCUT2D eigenvalue weighted by molar-refractivity contribution is 5.71. The fourth-order valence-corrected chi connectivity index (χ4v) is 1.98. The predicted octanol–water partition coefficient (Wildman–Crippen LogP) is 2.25. The van der Waals surface area contributed by atoms with Crippen molar-refractivity contribution in [1.82, 2.24) is 5.06 Å². The summed E-state index contributed by atoms with van der Waals surface area (Å²) in [5.74, 6) is 0.411. The summed E-state index contributed by atoms with van der Waals surface area (Å²) in [7, 11) is 0. The number of hydrogen-bond acceptors (Lipinski definition) is 2. The monoisotopic (exact) mass is 232 g/mol. The molecule has 4 heteroatoms. The van der Waals surface area contributed by atoms with E-state index in [1.807, 2.05) is 30.3 Å². The zero-order valence-corrected chi connectivity index (χ0v) is 9.49. The molecule has 1 fully saturated rings. The van der Waals surface area contributed by atoms with E-state index in [0.29, 0.717) is 11.0 Å². The van der Waals surface area contributed by atoms with Gasteiger partial charge in [0.05, 0.1) is 6.04 Å². The number of nitrogens with zero attached hydrogens (tertiary/aromatic N) is 1. The average molecular weight is 232 g/mol. The molecular formula is C13H16N2O2. The Morgan fingerprint density at radius 3 is 2.59 bits per heavy atom. The van der Waals surface area contributed by atoms with Crippen LogP contribution in [-0.2, 0) is 0 Å². The number of rotatable bonds is 3. The lowest BCUT2D eigenvalue weighted by Gasteiger charge is -2.37. The fraction of sp³-hybridized carbons (Fsp3) is 0.308. The highest BCUT2D eigenvalue weighted by Gasteiger charge is 2.33. The lowest BCUT2D eigenvalue weighted by atomic mass is 9.79. The van der Waals surface area contributed by atoms with Crippen molar-refractivity contribution in [2.75, 3.05) is 0 Å². The number of benzene rings is 1. The molecule has 0 aromatic heterocycles. The molecule has 3 N–H and O–H groups in total. The number of urea groups is 1. The molecule has 0 aliphatic heterocycles. The van der Waals surface area contributed by atoms with Gasteiger partial charge in [0, 0.05) is 0 Å². The summed E-state index contributed by atoms with van der Waals surface area (Å²) >= 11 is 0. The Balaban J connectivity index is 1.81. The minimum absolute atomic E-state index is 0.127. The Morgan fingerprint density at radius 1 is 1.35 bits per heavy atom. The summed E-state index contributed by atoms with van der Waals surface area (Å²) in [6.07, 6.45) is 5.71. The van der Waals surface area contributed by atoms with Crippen molar-refractivity contribution in [3.63, 3.8) is 0 Å². The van der Waals surface area contributed by atoms with Gasteiger partial charge >= 0.3 is 6.03 Å². The lowest BCUT2D eigenvalue weighted by molar-refractivity contribution is -0.105. The normalized spacial score (nSPS) is 23.4. The second-order valence-electron chi connectivity index (χ2n) is 4.34. The summed E-state index contributed by atoms with van der Waals surface area (Å²) < 4.78 is 0. The van der Waals surface area contributed by atoms with Crippen LogP contribution in [0.5, 0.6) is 0 Å². The van der Waals surface area contributed by atoms with E-state index in [9.17, 15) is 10.0 Å². The molecule has 0 bridgehead atoms. The molecule has 4 nitrogen and oxygen atoms in total. The second-order valence-corrected chi connectivity index (χ2v) is 4.34. The quantitative estimate of drug-likeness (QED) is 0.620. The highest BCUT2D eigenvalue weighted by atomic mass is 16.5. The Hall–Kier alpha value is -1.81. The first-order valence-electron chi connectivity index (χ1n) is 5.67. The van der Waals surface area contributed by atoms with E-state index >= 15 is 0 Å². The number of primary amides is 1. The Kier molecular flexibility index (Phi) is 3.44. The van der Waals surface area contributed by atoms with E-state index in [1.54, 1.807) is 0 Å². The molecule has 2 rings (SSSR count). The number of carbonyl (C=O) groups excluding carboxylic acids is 1. The van der Waals surface area contributed by atoms with Crippen LogP contribution >= 0.6 is 0 Å². The van der Waals surface area contributed by atoms with Gasteiger partial charge in [-0.2, -0.15) is 0 Å². The number of allylic oxidation sites excluding steroid dienone is 1. The fourth-order valence-electron chi connectivity index (χ4n) is 1.98. The maximum atomic E-state index is 10.7. The third kappa shape index (κ3) is 2.85. The number of nitrogens with two attached hydrogens (primary N) is 1. The third-order valence-electron chi connectivity index (χ3n) is 3.08. The van der Waals surface area contributed by atoms with Crippen LogP contribution in [0.2, 0.25) is 0 Å². The van der Waals surface area contributed by atoms with E-state index in [-0.39, 0.29) is 6.04 Å². The first-order valence-corrected chi connectivity index (χ1v) is 5.67. The van der Waals surface area contributed by atoms with E-state index in [2.05, 4.69) is 12.2 Å². The molecule has 2 amide bonds. The summed E-state index contributed by atoms with van der Waals surface area (Å²) in [6, 6.07) is 9.13. The largest absolute Gasteiger partial charge is 0.350 e. The van der Waals surface area contributed by atoms with E-state index in [1.165, 1.54) is 0 Å². The number of amides is 2. The standard InChI is InChI=1S/C13H16N2O2/c14-13(16)15(17)12-8-11(9-12)7-6-10-4-2-1-3-5-10/h1-7,11-12,17H,8-9H2,(H2,14,16)/b7-6-. The van der Waals surface area contributed by atoms with Gasteiger partial charge in [0.15, 0.2) is 0 Å². The Morgan fingerprint density at radius 2 is 2.00 bits per heavy atom. The summed E-state index contributed by atoms with van der Waals surface area (Å²) in [4.78, 5) is 10.7. The van der Waals surface area contributed by atoms with Crippen molar-refractivity contribution >= 4 is 12.1 Å². The Bertz CT molecular complexity index is 411. The van der Waals surface area contributed by atoms with Crippen molar-refractivity contribution < 1.29 is 10.0 Å². The van der Waals surface area contributed by atoms with Crippen LogP contribution in [0.4, 0.5) is 4.79 Å². The molecule has 1 aromatic rings. The SMILES string of the molecule is NC(=O)N(O)C1CC(/C=C\c2ccccc2)C1. The van der Waals surface area contributed by atoms with Crippen molar-refractivity contribution in [2.45, 2.75) is 18.9 Å². The molecule has 0 unspecified atom stereocenters. The molecule has 90 valence electrons. The van der Waals surface area contributed by atoms with Crippen LogP contribution in [0.1, 0.15) is 18.4 Å². The highest BCUT2D eigenvalue weighted by Crippen LogP contribution is 2.32. The molecule has 1 aliphatic rings. The number of hydrogen-bond donors (Lipinski definition) is 2. The minimum Gasteiger partial charge on any atom is -0.350 e. The summed E-state index contributed by atoms with van der Waals surface area (Å²) in [5, 5.41) is 9.92. The maximum Gasteiger partial charge on any atom is 0.338 e. The first-order chi connectivity index (χ1) is 8.16. The molecule has 0 saturated heterocycles. The molecule has 0 atom stereocenters. The van der Waals surface area contributed by atoms with Crippen LogP contribution in [0.15, 0.2) is 36.4 Å². The van der Waals surface area contributed by atoms with Crippen LogP contribution in [0, 0.1) is 5.92 Å². The summed E-state index contributed by atoms with van der Waals surface area (Å²) in [5.41, 5.74) is 6.13. The average Bonchev–Trinajstić information content (AvgIpc) is 2.28.